The molecule has 0 aromatic rings. The Kier molecular flexibility index (Phi) is 1.82. The van der Waals surface area contributed by atoms with Gasteiger partial charge >= 0.3 is 0 Å². The molecule has 0 radical (unpaired) electrons. The van der Waals surface area contributed by atoms with Gasteiger partial charge in [0, 0.05) is 6.08 Å². The molecule has 0 aromatic carbocycles. The summed E-state index contributed by atoms with van der Waals surface area (Å²) in [5.74, 6) is -0.0799. The van der Waals surface area contributed by atoms with Crippen LogP contribution in [0.5, 0.6) is 0 Å². The Morgan fingerprint density at radius 2 is 2.40 bits per heavy atom. The van der Waals surface area contributed by atoms with E-state index in [1.165, 1.54) is 19.4 Å². The van der Waals surface area contributed by atoms with Gasteiger partial charge in [0.15, 0.2) is 5.76 Å². The fourth-order valence-electron chi connectivity index (χ4n) is 0.620. The second kappa shape index (κ2) is 2.62. The molecule has 0 aliphatic carbocycles. The molecule has 4 heteroatoms. The van der Waals surface area contributed by atoms with E-state index in [-0.39, 0.29) is 11.5 Å². The van der Waals surface area contributed by atoms with E-state index in [1.54, 1.807) is 0 Å². The van der Waals surface area contributed by atoms with Gasteiger partial charge in [-0.25, -0.2) is 0 Å². The van der Waals surface area contributed by atoms with Crippen LogP contribution in [0.2, 0.25) is 0 Å². The molecule has 1 rings (SSSR count). The molecule has 2 N–H and O–H groups in total. The summed E-state index contributed by atoms with van der Waals surface area (Å²) in [4.78, 5) is 0. The SMILES string of the molecule is COC1=C(O)C(O)OC=C1. The topological polar surface area (TPSA) is 58.9 Å². The molecule has 0 bridgehead atoms. The quantitative estimate of drug-likeness (QED) is 0.554. The van der Waals surface area contributed by atoms with E-state index in [4.69, 9.17) is 10.2 Å². The Balaban J connectivity index is 2.82. The number of rotatable bonds is 1. The predicted molar refractivity (Wildman–Crippen MR) is 32.9 cm³/mol. The van der Waals surface area contributed by atoms with Gasteiger partial charge in [0.2, 0.25) is 5.76 Å². The van der Waals surface area contributed by atoms with Crippen molar-refractivity contribution in [3.05, 3.63) is 23.9 Å². The standard InChI is InChI=1S/C6H8O4/c1-9-4-2-3-10-6(8)5(4)7/h2-3,6-8H,1H3. The smallest absolute Gasteiger partial charge is 0.259 e. The second-order valence-electron chi connectivity index (χ2n) is 1.74. The van der Waals surface area contributed by atoms with Crippen LogP contribution in [-0.4, -0.2) is 23.6 Å². The number of aliphatic hydroxyl groups is 2. The number of methoxy groups -OCH3 is 1. The first kappa shape index (κ1) is 6.95. The van der Waals surface area contributed by atoms with Crippen molar-refractivity contribution < 1.29 is 19.7 Å². The average Bonchev–Trinajstić information content (AvgIpc) is 1.95. The lowest BCUT2D eigenvalue weighted by molar-refractivity contribution is -0.0573. The molecule has 10 heavy (non-hydrogen) atoms. The van der Waals surface area contributed by atoms with Crippen molar-refractivity contribution in [1.29, 1.82) is 0 Å². The van der Waals surface area contributed by atoms with Crippen molar-refractivity contribution in [3.8, 4) is 0 Å². The van der Waals surface area contributed by atoms with Crippen molar-refractivity contribution in [1.82, 2.24) is 0 Å². The number of aliphatic hydroxyl groups excluding tert-OH is 2. The fraction of sp³-hybridized carbons (Fsp3) is 0.333. The summed E-state index contributed by atoms with van der Waals surface area (Å²) in [5.41, 5.74) is 0. The van der Waals surface area contributed by atoms with Crippen LogP contribution in [-0.2, 0) is 9.47 Å². The van der Waals surface area contributed by atoms with Gasteiger partial charge in [-0.05, 0) is 0 Å². The molecule has 1 aliphatic rings. The molecule has 56 valence electrons. The van der Waals surface area contributed by atoms with E-state index < -0.39 is 6.29 Å². The maximum absolute atomic E-state index is 8.97. The number of ether oxygens (including phenoxy) is 2. The highest BCUT2D eigenvalue weighted by Crippen LogP contribution is 2.14. The number of hydrogen-bond donors (Lipinski definition) is 2. The van der Waals surface area contributed by atoms with E-state index in [0.29, 0.717) is 0 Å². The summed E-state index contributed by atoms with van der Waals surface area (Å²) in [6.45, 7) is 0. The molecule has 0 fully saturated rings. The molecule has 1 aliphatic heterocycles. The summed E-state index contributed by atoms with van der Waals surface area (Å²) in [6.07, 6.45) is 1.38. The van der Waals surface area contributed by atoms with Gasteiger partial charge in [-0.15, -0.1) is 0 Å². The molecule has 1 atom stereocenters. The molecule has 0 saturated heterocycles. The van der Waals surface area contributed by atoms with Crippen LogP contribution in [0.25, 0.3) is 0 Å². The Morgan fingerprint density at radius 3 is 2.90 bits per heavy atom. The van der Waals surface area contributed by atoms with Crippen LogP contribution >= 0.6 is 0 Å². The van der Waals surface area contributed by atoms with E-state index in [0.717, 1.165) is 0 Å². The zero-order chi connectivity index (χ0) is 7.56. The van der Waals surface area contributed by atoms with Gasteiger partial charge < -0.3 is 19.7 Å². The minimum atomic E-state index is -1.29. The van der Waals surface area contributed by atoms with Crippen LogP contribution in [0.1, 0.15) is 0 Å². The van der Waals surface area contributed by atoms with Crippen LogP contribution in [0.3, 0.4) is 0 Å². The van der Waals surface area contributed by atoms with Crippen LogP contribution in [0.4, 0.5) is 0 Å². The predicted octanol–water partition coefficient (Wildman–Crippen LogP) is 0.265. The summed E-state index contributed by atoms with van der Waals surface area (Å²) >= 11 is 0. The fourth-order valence-corrected chi connectivity index (χ4v) is 0.620. The third-order valence-electron chi connectivity index (χ3n) is 1.13. The second-order valence-corrected chi connectivity index (χ2v) is 1.74. The zero-order valence-electron chi connectivity index (χ0n) is 5.44. The first-order valence-electron chi connectivity index (χ1n) is 2.73. The van der Waals surface area contributed by atoms with Crippen molar-refractivity contribution in [3.63, 3.8) is 0 Å². The minimum Gasteiger partial charge on any atom is -0.504 e. The summed E-state index contributed by atoms with van der Waals surface area (Å²) < 4.78 is 9.19. The van der Waals surface area contributed by atoms with Crippen molar-refractivity contribution in [2.75, 3.05) is 7.11 Å². The molecule has 1 heterocycles. The van der Waals surface area contributed by atoms with E-state index in [9.17, 15) is 0 Å². The van der Waals surface area contributed by atoms with Gasteiger partial charge in [-0.2, -0.15) is 0 Å². The molecule has 0 saturated carbocycles. The largest absolute Gasteiger partial charge is 0.504 e. The van der Waals surface area contributed by atoms with Gasteiger partial charge in [0.05, 0.1) is 13.4 Å². The molecule has 0 amide bonds. The third-order valence-corrected chi connectivity index (χ3v) is 1.13. The zero-order valence-corrected chi connectivity index (χ0v) is 5.44. The van der Waals surface area contributed by atoms with Crippen molar-refractivity contribution in [2.24, 2.45) is 0 Å². The van der Waals surface area contributed by atoms with Gasteiger partial charge in [-0.3, -0.25) is 0 Å². The lowest BCUT2D eigenvalue weighted by atomic mass is 10.3. The maximum Gasteiger partial charge on any atom is 0.259 e. The molecular formula is C6H8O4. The molecule has 0 spiro atoms. The molecule has 1 unspecified atom stereocenters. The third kappa shape index (κ3) is 1.06. The first-order chi connectivity index (χ1) is 4.75. The molecule has 4 nitrogen and oxygen atoms in total. The lowest BCUT2D eigenvalue weighted by Gasteiger charge is -2.15. The van der Waals surface area contributed by atoms with Crippen LogP contribution < -0.4 is 0 Å². The van der Waals surface area contributed by atoms with E-state index in [1.807, 2.05) is 0 Å². The first-order valence-corrected chi connectivity index (χ1v) is 2.73. The summed E-state index contributed by atoms with van der Waals surface area (Å²) in [7, 11) is 1.40. The average molecular weight is 144 g/mol. The Bertz CT molecular complexity index is 182. The minimum absolute atomic E-state index is 0.221. The number of allylic oxidation sites excluding steroid dienone is 1. The highest BCUT2D eigenvalue weighted by molar-refractivity contribution is 5.18. The molecule has 0 aromatic heterocycles. The Morgan fingerprint density at radius 1 is 1.70 bits per heavy atom. The number of hydrogen-bond acceptors (Lipinski definition) is 4. The van der Waals surface area contributed by atoms with E-state index in [2.05, 4.69) is 9.47 Å². The van der Waals surface area contributed by atoms with Crippen LogP contribution in [0, 0.1) is 0 Å². The summed E-state index contributed by atoms with van der Waals surface area (Å²) in [6, 6.07) is 0. The Labute approximate surface area is 58.0 Å². The highest BCUT2D eigenvalue weighted by Gasteiger charge is 2.17. The van der Waals surface area contributed by atoms with Crippen LogP contribution in [0.15, 0.2) is 23.9 Å². The molecular weight excluding hydrogens is 136 g/mol. The lowest BCUT2D eigenvalue weighted by Crippen LogP contribution is -2.17. The van der Waals surface area contributed by atoms with Crippen molar-refractivity contribution in [2.45, 2.75) is 6.29 Å². The monoisotopic (exact) mass is 144 g/mol. The van der Waals surface area contributed by atoms with Gasteiger partial charge in [-0.1, -0.05) is 0 Å². The van der Waals surface area contributed by atoms with E-state index >= 15 is 0 Å². The maximum atomic E-state index is 8.97. The summed E-state index contributed by atoms with van der Waals surface area (Å²) in [5, 5.41) is 17.8. The van der Waals surface area contributed by atoms with Gasteiger partial charge in [0.1, 0.15) is 0 Å². The normalized spacial score (nSPS) is 24.4. The Hall–Kier alpha value is -1.16. The van der Waals surface area contributed by atoms with Crippen molar-refractivity contribution >= 4 is 0 Å². The highest BCUT2D eigenvalue weighted by atomic mass is 16.6. The van der Waals surface area contributed by atoms with Gasteiger partial charge in [0.25, 0.3) is 6.29 Å².